The van der Waals surface area contributed by atoms with Crippen molar-refractivity contribution in [3.63, 3.8) is 0 Å². The number of nitrogens with one attached hydrogen (secondary N) is 1. The van der Waals surface area contributed by atoms with Gasteiger partial charge in [0.25, 0.3) is 0 Å². The third kappa shape index (κ3) is 6.90. The highest BCUT2D eigenvalue weighted by atomic mass is 35.7. The van der Waals surface area contributed by atoms with E-state index in [0.717, 1.165) is 34.1 Å². The summed E-state index contributed by atoms with van der Waals surface area (Å²) in [5.74, 6) is 0.805. The topological polar surface area (TPSA) is 138 Å². The summed E-state index contributed by atoms with van der Waals surface area (Å²) in [6, 6.07) is 12.5. The maximum atomic E-state index is 8.49. The largest absolute Gasteiger partial charge is 0.421 e. The second kappa shape index (κ2) is 9.79. The number of aryl methyl sites for hydroxylation is 5. The van der Waals surface area contributed by atoms with Crippen LogP contribution in [-0.4, -0.2) is 4.57 Å². The summed E-state index contributed by atoms with van der Waals surface area (Å²) in [6.07, 6.45) is 3.92. The summed E-state index contributed by atoms with van der Waals surface area (Å²) in [5, 5.41) is 12.4. The minimum Gasteiger partial charge on any atom is -0.355 e. The fourth-order valence-corrected chi connectivity index (χ4v) is 2.72. The van der Waals surface area contributed by atoms with Crippen LogP contribution in [0.2, 0.25) is 0 Å². The molecule has 0 radical (unpaired) electrons. The molecule has 10 heteroatoms. The van der Waals surface area contributed by atoms with Gasteiger partial charge >= 0.3 is 5.95 Å². The molecule has 0 unspecified atom stereocenters. The first-order chi connectivity index (χ1) is 14.0. The van der Waals surface area contributed by atoms with Crippen LogP contribution in [0.4, 0.5) is 23.0 Å². The van der Waals surface area contributed by atoms with E-state index in [2.05, 4.69) is 60.6 Å². The molecule has 9 nitrogen and oxygen atoms in total. The van der Waals surface area contributed by atoms with Gasteiger partial charge in [-0.2, -0.15) is 0 Å². The van der Waals surface area contributed by atoms with E-state index in [9.17, 15) is 0 Å². The molecular formula is C20H24ClN5O4. The van der Waals surface area contributed by atoms with E-state index in [1.165, 1.54) is 5.56 Å². The summed E-state index contributed by atoms with van der Waals surface area (Å²) in [4.78, 5) is 0. The van der Waals surface area contributed by atoms with Crippen molar-refractivity contribution < 1.29 is 33.4 Å². The third-order valence-electron chi connectivity index (χ3n) is 4.35. The fraction of sp³-hybridized carbons (Fsp3) is 0.250. The van der Waals surface area contributed by atoms with E-state index in [1.807, 2.05) is 47.8 Å². The molecular weight excluding hydrogens is 410 g/mol. The van der Waals surface area contributed by atoms with E-state index >= 15 is 0 Å². The number of anilines is 2. The lowest BCUT2D eigenvalue weighted by Gasteiger charge is -2.17. The number of azo groups is 1. The molecule has 0 aliphatic carbocycles. The fourth-order valence-electron chi connectivity index (χ4n) is 2.72. The monoisotopic (exact) mass is 433 g/mol. The molecule has 0 aliphatic rings. The highest BCUT2D eigenvalue weighted by Gasteiger charge is 2.12. The van der Waals surface area contributed by atoms with Crippen LogP contribution in [0.3, 0.4) is 0 Å². The third-order valence-corrected chi connectivity index (χ3v) is 4.35. The lowest BCUT2D eigenvalue weighted by atomic mass is 10.1. The molecule has 1 aromatic heterocycles. The zero-order chi connectivity index (χ0) is 22.5. The van der Waals surface area contributed by atoms with Crippen molar-refractivity contribution in [1.29, 1.82) is 0 Å². The number of para-hydroxylation sites is 1. The van der Waals surface area contributed by atoms with Crippen molar-refractivity contribution in [1.82, 2.24) is 4.57 Å². The first-order valence-electron chi connectivity index (χ1n) is 8.94. The van der Waals surface area contributed by atoms with Gasteiger partial charge in [0, 0.05) is 16.5 Å². The van der Waals surface area contributed by atoms with Gasteiger partial charge in [0.2, 0.25) is 0 Å². The molecule has 1 N–H and O–H groups in total. The van der Waals surface area contributed by atoms with Gasteiger partial charge in [-0.05, 0) is 55.7 Å². The molecule has 2 aromatic carbocycles. The Kier molecular flexibility index (Phi) is 7.65. The van der Waals surface area contributed by atoms with E-state index in [0.29, 0.717) is 0 Å². The summed E-state index contributed by atoms with van der Waals surface area (Å²) in [7, 11) is -1.02. The summed E-state index contributed by atoms with van der Waals surface area (Å²) in [5.41, 5.74) is 6.54. The molecule has 1 heterocycles. The second-order valence-corrected chi connectivity index (χ2v) is 7.55. The highest BCUT2D eigenvalue weighted by Crippen LogP contribution is 2.30. The number of aromatic nitrogens is 2. The molecule has 0 fully saturated rings. The predicted octanol–water partition coefficient (Wildman–Crippen LogP) is 0.178. The molecule has 160 valence electrons. The number of nitrogens with zero attached hydrogens (tertiary/aromatic N) is 4. The Balaban J connectivity index is 0.000000575. The van der Waals surface area contributed by atoms with E-state index in [1.54, 1.807) is 0 Å². The van der Waals surface area contributed by atoms with Crippen molar-refractivity contribution in [2.75, 3.05) is 5.32 Å². The Morgan fingerprint density at radius 3 is 2.10 bits per heavy atom. The Labute approximate surface area is 177 Å². The smallest absolute Gasteiger partial charge is 0.355 e. The zero-order valence-electron chi connectivity index (χ0n) is 17.4. The van der Waals surface area contributed by atoms with Crippen molar-refractivity contribution in [2.45, 2.75) is 20.8 Å². The Morgan fingerprint density at radius 1 is 0.900 bits per heavy atom. The lowest BCUT2D eigenvalue weighted by molar-refractivity contribution is -2.00. The molecule has 30 heavy (non-hydrogen) atoms. The van der Waals surface area contributed by atoms with Crippen molar-refractivity contribution in [3.05, 3.63) is 65.5 Å². The molecule has 3 rings (SSSR count). The van der Waals surface area contributed by atoms with Crippen LogP contribution in [0, 0.1) is 31.0 Å². The molecule has 0 saturated heterocycles. The average molecular weight is 434 g/mol. The summed E-state index contributed by atoms with van der Waals surface area (Å²) < 4.78 is 37.9. The van der Waals surface area contributed by atoms with Crippen molar-refractivity contribution in [3.8, 4) is 0 Å². The predicted molar refractivity (Wildman–Crippen MR) is 101 cm³/mol. The van der Waals surface area contributed by atoms with Gasteiger partial charge in [0.1, 0.15) is 5.69 Å². The lowest BCUT2D eigenvalue weighted by Crippen LogP contribution is -2.68. The SMILES string of the molecule is Cc1cc(Nc2ccccc2C)c(C)cc1N=Nc1n(C)cc[n+]1C.[O-][Cl+3]([O-])([O-])[O-]. The van der Waals surface area contributed by atoms with E-state index < -0.39 is 10.2 Å². The van der Waals surface area contributed by atoms with Crippen LogP contribution in [0.1, 0.15) is 16.7 Å². The number of rotatable bonds is 4. The first kappa shape index (κ1) is 23.5. The maximum Gasteiger partial charge on any atom is 0.421 e. The summed E-state index contributed by atoms with van der Waals surface area (Å²) in [6.45, 7) is 6.25. The van der Waals surface area contributed by atoms with Crippen LogP contribution in [0.25, 0.3) is 0 Å². The zero-order valence-corrected chi connectivity index (χ0v) is 18.2. The van der Waals surface area contributed by atoms with Gasteiger partial charge in [0.15, 0.2) is 0 Å². The first-order valence-corrected chi connectivity index (χ1v) is 10.2. The van der Waals surface area contributed by atoms with Gasteiger partial charge in [-0.25, -0.2) is 27.8 Å². The van der Waals surface area contributed by atoms with Gasteiger partial charge in [0.05, 0.1) is 26.5 Å². The van der Waals surface area contributed by atoms with Crippen molar-refractivity contribution in [2.24, 2.45) is 24.3 Å². The molecule has 0 atom stereocenters. The van der Waals surface area contributed by atoms with Crippen LogP contribution < -0.4 is 28.5 Å². The quantitative estimate of drug-likeness (QED) is 0.462. The Bertz CT molecular complexity index is 1020. The second-order valence-electron chi connectivity index (χ2n) is 6.79. The van der Waals surface area contributed by atoms with Crippen molar-refractivity contribution >= 4 is 23.0 Å². The Hall–Kier alpha value is -2.82. The van der Waals surface area contributed by atoms with Gasteiger partial charge in [-0.1, -0.05) is 23.3 Å². The minimum atomic E-state index is -4.94. The number of benzene rings is 2. The molecule has 0 bridgehead atoms. The normalized spacial score (nSPS) is 11.4. The molecule has 0 amide bonds. The van der Waals surface area contributed by atoms with E-state index in [4.69, 9.17) is 18.6 Å². The minimum absolute atomic E-state index is 0.805. The standard InChI is InChI=1S/C20H23N5.ClHO4/c1-14-8-6-7-9-17(14)21-18-12-16(3)19(13-15(18)2)22-23-20-24(4)10-11-25(20)5;2-1(3,4)5/h6-13H,1-5H3;(H,2,3,4,5). The van der Waals surface area contributed by atoms with Gasteiger partial charge < -0.3 is 5.32 Å². The van der Waals surface area contributed by atoms with Crippen LogP contribution >= 0.6 is 0 Å². The Morgan fingerprint density at radius 2 is 1.53 bits per heavy atom. The number of hydrogen-bond acceptors (Lipinski definition) is 7. The number of imidazole rings is 1. The molecule has 3 aromatic rings. The van der Waals surface area contributed by atoms with E-state index in [-0.39, 0.29) is 0 Å². The average Bonchev–Trinajstić information content (AvgIpc) is 2.95. The highest BCUT2D eigenvalue weighted by molar-refractivity contribution is 5.69. The van der Waals surface area contributed by atoms with Gasteiger partial charge in [-0.3, -0.25) is 0 Å². The number of hydrogen-bond donors (Lipinski definition) is 1. The van der Waals surface area contributed by atoms with Crippen LogP contribution in [0.15, 0.2) is 59.0 Å². The van der Waals surface area contributed by atoms with Crippen LogP contribution in [0.5, 0.6) is 0 Å². The van der Waals surface area contributed by atoms with Gasteiger partial charge in [-0.15, -0.1) is 10.2 Å². The number of halogens is 1. The summed E-state index contributed by atoms with van der Waals surface area (Å²) >= 11 is 0. The molecule has 0 aliphatic heterocycles. The van der Waals surface area contributed by atoms with Crippen LogP contribution in [-0.2, 0) is 14.1 Å². The maximum absolute atomic E-state index is 8.49. The molecule has 0 spiro atoms. The molecule has 0 saturated carbocycles.